The van der Waals surface area contributed by atoms with Gasteiger partial charge in [0.1, 0.15) is 17.5 Å². The summed E-state index contributed by atoms with van der Waals surface area (Å²) in [6.45, 7) is 1.81. The molecule has 2 aromatic rings. The molecule has 0 aromatic heterocycles. The predicted molar refractivity (Wildman–Crippen MR) is 84.1 cm³/mol. The van der Waals surface area contributed by atoms with Crippen molar-refractivity contribution in [2.24, 2.45) is 10.2 Å². The number of hydrogen-bond acceptors (Lipinski definition) is 7. The van der Waals surface area contributed by atoms with Crippen molar-refractivity contribution in [3.05, 3.63) is 51.6 Å². The molecule has 0 amide bonds. The fourth-order valence-corrected chi connectivity index (χ4v) is 1.91. The maximum atomic E-state index is 10.7. The van der Waals surface area contributed by atoms with Gasteiger partial charge in [-0.25, -0.2) is 0 Å². The lowest BCUT2D eigenvalue weighted by atomic mass is 10.1. The summed E-state index contributed by atoms with van der Waals surface area (Å²) in [5.41, 5.74) is 7.73. The lowest BCUT2D eigenvalue weighted by Crippen LogP contribution is -1.92. The highest BCUT2D eigenvalue weighted by molar-refractivity contribution is 5.64. The first-order chi connectivity index (χ1) is 11.0. The fourth-order valence-electron chi connectivity index (χ4n) is 1.91. The SMILES string of the molecule is COc1cc(/N=N/c2ccc([N+](=O)[O-])cc2C#N)c(C)cc1N. The van der Waals surface area contributed by atoms with Gasteiger partial charge in [0.05, 0.1) is 29.0 Å². The van der Waals surface area contributed by atoms with Crippen molar-refractivity contribution in [1.82, 2.24) is 0 Å². The monoisotopic (exact) mass is 311 g/mol. The van der Waals surface area contributed by atoms with Gasteiger partial charge in [0.15, 0.2) is 0 Å². The molecule has 0 spiro atoms. The quantitative estimate of drug-likeness (QED) is 0.398. The molecule has 23 heavy (non-hydrogen) atoms. The second kappa shape index (κ2) is 6.53. The van der Waals surface area contributed by atoms with Crippen LogP contribution in [0.1, 0.15) is 11.1 Å². The van der Waals surface area contributed by atoms with Gasteiger partial charge in [-0.3, -0.25) is 10.1 Å². The molecule has 2 N–H and O–H groups in total. The molecule has 0 aliphatic carbocycles. The lowest BCUT2D eigenvalue weighted by molar-refractivity contribution is -0.384. The molecule has 116 valence electrons. The molecule has 0 heterocycles. The summed E-state index contributed by atoms with van der Waals surface area (Å²) in [6, 6.07) is 9.01. The maximum Gasteiger partial charge on any atom is 0.270 e. The summed E-state index contributed by atoms with van der Waals surface area (Å²) >= 11 is 0. The molecule has 0 saturated carbocycles. The summed E-state index contributed by atoms with van der Waals surface area (Å²) in [4.78, 5) is 10.2. The van der Waals surface area contributed by atoms with E-state index in [4.69, 9.17) is 15.7 Å². The second-order valence-electron chi connectivity index (χ2n) is 4.65. The van der Waals surface area contributed by atoms with Crippen LogP contribution >= 0.6 is 0 Å². The number of rotatable bonds is 4. The van der Waals surface area contributed by atoms with E-state index in [1.807, 2.05) is 13.0 Å². The zero-order chi connectivity index (χ0) is 17.0. The van der Waals surface area contributed by atoms with Gasteiger partial charge in [-0.15, -0.1) is 5.11 Å². The highest BCUT2D eigenvalue weighted by Crippen LogP contribution is 2.32. The number of methoxy groups -OCH3 is 1. The predicted octanol–water partition coefficient (Wildman–Crippen LogP) is 3.78. The number of anilines is 1. The molecule has 0 aliphatic rings. The molecule has 0 radical (unpaired) electrons. The Morgan fingerprint density at radius 2 is 1.96 bits per heavy atom. The van der Waals surface area contributed by atoms with Crippen molar-refractivity contribution in [2.75, 3.05) is 12.8 Å². The standard InChI is InChI=1S/C15H13N5O3/c1-9-5-12(17)15(23-2)7-14(9)19-18-13-4-3-11(20(21)22)6-10(13)8-16/h3-7H,17H2,1-2H3/b19-18+. The van der Waals surface area contributed by atoms with Crippen molar-refractivity contribution < 1.29 is 9.66 Å². The smallest absolute Gasteiger partial charge is 0.270 e. The maximum absolute atomic E-state index is 10.7. The summed E-state index contributed by atoms with van der Waals surface area (Å²) in [5.74, 6) is 0.466. The van der Waals surface area contributed by atoms with Gasteiger partial charge in [0.2, 0.25) is 0 Å². The van der Waals surface area contributed by atoms with Gasteiger partial charge >= 0.3 is 0 Å². The number of hydrogen-bond donors (Lipinski definition) is 1. The zero-order valence-electron chi connectivity index (χ0n) is 12.5. The fraction of sp³-hybridized carbons (Fsp3) is 0.133. The van der Waals surface area contributed by atoms with Crippen molar-refractivity contribution in [1.29, 1.82) is 5.26 Å². The number of aryl methyl sites for hydroxylation is 1. The number of non-ortho nitro benzene ring substituents is 1. The lowest BCUT2D eigenvalue weighted by Gasteiger charge is -2.07. The minimum atomic E-state index is -0.573. The number of nitrogen functional groups attached to an aromatic ring is 1. The summed E-state index contributed by atoms with van der Waals surface area (Å²) in [6.07, 6.45) is 0. The molecule has 8 heteroatoms. The third kappa shape index (κ3) is 3.41. The van der Waals surface area contributed by atoms with E-state index in [2.05, 4.69) is 10.2 Å². The van der Waals surface area contributed by atoms with Crippen molar-refractivity contribution in [3.63, 3.8) is 0 Å². The minimum absolute atomic E-state index is 0.0722. The number of ether oxygens (including phenoxy) is 1. The van der Waals surface area contributed by atoms with Crippen LogP contribution in [0.15, 0.2) is 40.6 Å². The highest BCUT2D eigenvalue weighted by atomic mass is 16.6. The molecule has 0 bridgehead atoms. The van der Waals surface area contributed by atoms with Crippen molar-refractivity contribution in [2.45, 2.75) is 6.92 Å². The molecule has 2 rings (SSSR count). The van der Waals surface area contributed by atoms with E-state index < -0.39 is 4.92 Å². The van der Waals surface area contributed by atoms with E-state index in [1.54, 1.807) is 12.1 Å². The van der Waals surface area contributed by atoms with Crippen LogP contribution in [0.25, 0.3) is 0 Å². The van der Waals surface area contributed by atoms with E-state index in [0.717, 1.165) is 11.6 Å². The highest BCUT2D eigenvalue weighted by Gasteiger charge is 2.11. The molecule has 8 nitrogen and oxygen atoms in total. The van der Waals surface area contributed by atoms with Crippen LogP contribution in [-0.2, 0) is 0 Å². The Kier molecular flexibility index (Phi) is 4.52. The van der Waals surface area contributed by atoms with Crippen LogP contribution in [0, 0.1) is 28.4 Å². The normalized spacial score (nSPS) is 10.5. The molecule has 0 aliphatic heterocycles. The van der Waals surface area contributed by atoms with Gasteiger partial charge in [-0.2, -0.15) is 10.4 Å². The molecule has 0 fully saturated rings. The van der Waals surface area contributed by atoms with Crippen LogP contribution in [-0.4, -0.2) is 12.0 Å². The van der Waals surface area contributed by atoms with E-state index in [0.29, 0.717) is 17.1 Å². The molecular formula is C15H13N5O3. The minimum Gasteiger partial charge on any atom is -0.495 e. The average Bonchev–Trinajstić information content (AvgIpc) is 2.53. The molecule has 0 unspecified atom stereocenters. The molecular weight excluding hydrogens is 298 g/mol. The topological polar surface area (TPSA) is 127 Å². The Bertz CT molecular complexity index is 840. The van der Waals surface area contributed by atoms with Gasteiger partial charge in [-0.05, 0) is 24.6 Å². The third-order valence-electron chi connectivity index (χ3n) is 3.13. The summed E-state index contributed by atoms with van der Waals surface area (Å²) in [7, 11) is 1.49. The van der Waals surface area contributed by atoms with Crippen molar-refractivity contribution in [3.8, 4) is 11.8 Å². The van der Waals surface area contributed by atoms with E-state index in [-0.39, 0.29) is 16.9 Å². The largest absolute Gasteiger partial charge is 0.495 e. The number of nitriles is 1. The zero-order valence-corrected chi connectivity index (χ0v) is 12.5. The number of benzene rings is 2. The van der Waals surface area contributed by atoms with Crippen LogP contribution in [0.5, 0.6) is 5.75 Å². The van der Waals surface area contributed by atoms with Crippen LogP contribution in [0.3, 0.4) is 0 Å². The van der Waals surface area contributed by atoms with Crippen LogP contribution < -0.4 is 10.5 Å². The average molecular weight is 311 g/mol. The summed E-state index contributed by atoms with van der Waals surface area (Å²) < 4.78 is 5.13. The van der Waals surface area contributed by atoms with Crippen LogP contribution in [0.2, 0.25) is 0 Å². The Hall–Kier alpha value is -3.47. The first-order valence-corrected chi connectivity index (χ1v) is 6.50. The Labute approximate surface area is 132 Å². The number of nitro groups is 1. The Morgan fingerprint density at radius 3 is 2.57 bits per heavy atom. The summed E-state index contributed by atoms with van der Waals surface area (Å²) in [5, 5.41) is 27.9. The first kappa shape index (κ1) is 15.9. The van der Waals surface area contributed by atoms with E-state index >= 15 is 0 Å². The van der Waals surface area contributed by atoms with E-state index in [9.17, 15) is 10.1 Å². The van der Waals surface area contributed by atoms with Gasteiger partial charge in [0.25, 0.3) is 5.69 Å². The molecule has 0 atom stereocenters. The number of nitro benzene ring substituents is 1. The Morgan fingerprint density at radius 1 is 1.26 bits per heavy atom. The second-order valence-corrected chi connectivity index (χ2v) is 4.65. The molecule has 0 saturated heterocycles. The van der Waals surface area contributed by atoms with Gasteiger partial charge in [0, 0.05) is 18.2 Å². The third-order valence-corrected chi connectivity index (χ3v) is 3.13. The van der Waals surface area contributed by atoms with Crippen molar-refractivity contribution >= 4 is 22.7 Å². The Balaban J connectivity index is 2.41. The van der Waals surface area contributed by atoms with Gasteiger partial charge in [-0.1, -0.05) is 0 Å². The van der Waals surface area contributed by atoms with E-state index in [1.165, 1.54) is 19.2 Å². The molecule has 2 aromatic carbocycles. The first-order valence-electron chi connectivity index (χ1n) is 6.50. The number of azo groups is 1. The van der Waals surface area contributed by atoms with Crippen LogP contribution in [0.4, 0.5) is 22.7 Å². The number of nitrogens with zero attached hydrogens (tertiary/aromatic N) is 4. The number of nitrogens with two attached hydrogens (primary N) is 1. The van der Waals surface area contributed by atoms with Gasteiger partial charge < -0.3 is 10.5 Å².